The lowest BCUT2D eigenvalue weighted by Crippen LogP contribution is -2.34. The van der Waals surface area contributed by atoms with Crippen molar-refractivity contribution in [3.8, 4) is 0 Å². The van der Waals surface area contributed by atoms with E-state index in [4.69, 9.17) is 0 Å². The number of carbonyl (C=O) groups excluding carboxylic acids is 1. The van der Waals surface area contributed by atoms with E-state index < -0.39 is 10.0 Å². The number of benzene rings is 1. The van der Waals surface area contributed by atoms with E-state index in [1.807, 2.05) is 19.4 Å². The van der Waals surface area contributed by atoms with Gasteiger partial charge < -0.3 is 10.6 Å². The average molecular weight is 391 g/mol. The molecule has 8 nitrogen and oxygen atoms in total. The molecule has 1 aliphatic rings. The van der Waals surface area contributed by atoms with Crippen molar-refractivity contribution in [2.75, 3.05) is 27.2 Å². The Hall–Kier alpha value is -2.23. The third kappa shape index (κ3) is 4.20. The number of aryl methyl sites for hydroxylation is 1. The summed E-state index contributed by atoms with van der Waals surface area (Å²) in [5.41, 5.74) is 1.91. The van der Waals surface area contributed by atoms with Gasteiger partial charge in [-0.05, 0) is 23.3 Å². The van der Waals surface area contributed by atoms with E-state index in [1.54, 1.807) is 28.9 Å². The number of carbonyl (C=O) groups is 1. The standard InChI is InChI=1S/C18H25N5O3S/c1-22(2)27(25,26)15-6-4-13(5-7-15)8-20-18(24)17-11-19-10-16(17)14-9-21-23(3)12-14/h4-7,9,12,16-17,19H,8,10-11H2,1-3H3,(H,20,24)/t16-,17+/m1/s1. The summed E-state index contributed by atoms with van der Waals surface area (Å²) in [6.45, 7) is 1.74. The molecule has 0 aliphatic carbocycles. The predicted molar refractivity (Wildman–Crippen MR) is 101 cm³/mol. The Morgan fingerprint density at radius 1 is 1.30 bits per heavy atom. The highest BCUT2D eigenvalue weighted by Gasteiger charge is 2.34. The minimum absolute atomic E-state index is 0.0150. The fourth-order valence-corrected chi connectivity index (χ4v) is 4.15. The van der Waals surface area contributed by atoms with E-state index in [0.717, 1.165) is 17.7 Å². The van der Waals surface area contributed by atoms with E-state index in [0.29, 0.717) is 13.1 Å². The molecule has 2 heterocycles. The number of nitrogens with one attached hydrogen (secondary N) is 2. The molecule has 27 heavy (non-hydrogen) atoms. The van der Waals surface area contributed by atoms with Gasteiger partial charge in [0.15, 0.2) is 0 Å². The third-order valence-electron chi connectivity index (χ3n) is 4.87. The van der Waals surface area contributed by atoms with Gasteiger partial charge in [0.2, 0.25) is 15.9 Å². The summed E-state index contributed by atoms with van der Waals surface area (Å²) in [5.74, 6) is -0.0623. The Morgan fingerprint density at radius 2 is 2.00 bits per heavy atom. The van der Waals surface area contributed by atoms with Crippen molar-refractivity contribution in [3.05, 3.63) is 47.8 Å². The van der Waals surface area contributed by atoms with Crippen molar-refractivity contribution >= 4 is 15.9 Å². The number of aromatic nitrogens is 2. The van der Waals surface area contributed by atoms with Gasteiger partial charge in [0, 0.05) is 52.9 Å². The van der Waals surface area contributed by atoms with Crippen molar-refractivity contribution in [1.82, 2.24) is 24.7 Å². The molecule has 2 atom stereocenters. The molecule has 0 saturated carbocycles. The van der Waals surface area contributed by atoms with E-state index >= 15 is 0 Å². The molecule has 0 unspecified atom stereocenters. The molecule has 9 heteroatoms. The molecule has 2 aromatic rings. The monoisotopic (exact) mass is 391 g/mol. The van der Waals surface area contributed by atoms with Crippen LogP contribution in [0, 0.1) is 5.92 Å². The first-order valence-electron chi connectivity index (χ1n) is 8.77. The van der Waals surface area contributed by atoms with Crippen LogP contribution in [0.3, 0.4) is 0 Å². The number of hydrogen-bond acceptors (Lipinski definition) is 5. The van der Waals surface area contributed by atoms with E-state index in [9.17, 15) is 13.2 Å². The van der Waals surface area contributed by atoms with Crippen LogP contribution in [0.5, 0.6) is 0 Å². The van der Waals surface area contributed by atoms with Crippen LogP contribution < -0.4 is 10.6 Å². The maximum Gasteiger partial charge on any atom is 0.242 e. The van der Waals surface area contributed by atoms with Crippen molar-refractivity contribution in [2.45, 2.75) is 17.4 Å². The van der Waals surface area contributed by atoms with Gasteiger partial charge in [-0.15, -0.1) is 0 Å². The molecular formula is C18H25N5O3S. The third-order valence-corrected chi connectivity index (χ3v) is 6.70. The summed E-state index contributed by atoms with van der Waals surface area (Å²) < 4.78 is 27.1. The van der Waals surface area contributed by atoms with Gasteiger partial charge in [0.05, 0.1) is 17.0 Å². The van der Waals surface area contributed by atoms with E-state index in [1.165, 1.54) is 18.4 Å². The second-order valence-corrected chi connectivity index (χ2v) is 9.12. The first-order chi connectivity index (χ1) is 12.8. The van der Waals surface area contributed by atoms with Crippen LogP contribution in [-0.4, -0.2) is 55.6 Å². The first-order valence-corrected chi connectivity index (χ1v) is 10.2. The van der Waals surface area contributed by atoms with Crippen LogP contribution in [0.2, 0.25) is 0 Å². The summed E-state index contributed by atoms with van der Waals surface area (Å²) in [7, 11) is 1.41. The van der Waals surface area contributed by atoms with Gasteiger partial charge in [-0.2, -0.15) is 5.10 Å². The topological polar surface area (TPSA) is 96.3 Å². The van der Waals surface area contributed by atoms with E-state index in [2.05, 4.69) is 15.7 Å². The normalized spacial score (nSPS) is 20.1. The molecule has 0 bridgehead atoms. The Morgan fingerprint density at radius 3 is 2.59 bits per heavy atom. The SMILES string of the molecule is CN(C)S(=O)(=O)c1ccc(CNC(=O)[C@H]2CNC[C@@H]2c2cnn(C)c2)cc1. The smallest absolute Gasteiger partial charge is 0.242 e. The fraction of sp³-hybridized carbons (Fsp3) is 0.444. The molecular weight excluding hydrogens is 366 g/mol. The zero-order valence-electron chi connectivity index (χ0n) is 15.7. The maximum absolute atomic E-state index is 12.6. The summed E-state index contributed by atoms with van der Waals surface area (Å²) >= 11 is 0. The molecule has 146 valence electrons. The Kier molecular flexibility index (Phi) is 5.64. The highest BCUT2D eigenvalue weighted by Crippen LogP contribution is 2.28. The molecule has 1 fully saturated rings. The Labute approximate surface area is 159 Å². The lowest BCUT2D eigenvalue weighted by atomic mass is 9.90. The van der Waals surface area contributed by atoms with Gasteiger partial charge in [-0.25, -0.2) is 12.7 Å². The molecule has 2 N–H and O–H groups in total. The van der Waals surface area contributed by atoms with Crippen LogP contribution in [0.1, 0.15) is 17.0 Å². The highest BCUT2D eigenvalue weighted by molar-refractivity contribution is 7.89. The molecule has 0 radical (unpaired) electrons. The lowest BCUT2D eigenvalue weighted by Gasteiger charge is -2.17. The summed E-state index contributed by atoms with van der Waals surface area (Å²) in [5, 5.41) is 10.4. The first kappa shape index (κ1) is 19.5. The second-order valence-electron chi connectivity index (χ2n) is 6.97. The number of amides is 1. The highest BCUT2D eigenvalue weighted by atomic mass is 32.2. The minimum Gasteiger partial charge on any atom is -0.352 e. The minimum atomic E-state index is -3.44. The fourth-order valence-electron chi connectivity index (χ4n) is 3.25. The zero-order chi connectivity index (χ0) is 19.6. The summed E-state index contributed by atoms with van der Waals surface area (Å²) in [6, 6.07) is 6.57. The van der Waals surface area contributed by atoms with Crippen LogP contribution in [0.25, 0.3) is 0 Å². The number of nitrogens with zero attached hydrogens (tertiary/aromatic N) is 3. The molecule has 1 aliphatic heterocycles. The van der Waals surface area contributed by atoms with Crippen LogP contribution in [0.15, 0.2) is 41.6 Å². The summed E-state index contributed by atoms with van der Waals surface area (Å²) in [6.07, 6.45) is 3.75. The predicted octanol–water partition coefficient (Wildman–Crippen LogP) is 0.290. The summed E-state index contributed by atoms with van der Waals surface area (Å²) in [4.78, 5) is 12.9. The molecule has 3 rings (SSSR count). The van der Waals surface area contributed by atoms with Crippen molar-refractivity contribution < 1.29 is 13.2 Å². The Bertz CT molecular complexity index is 905. The lowest BCUT2D eigenvalue weighted by molar-refractivity contribution is -0.125. The zero-order valence-corrected chi connectivity index (χ0v) is 16.5. The van der Waals surface area contributed by atoms with Crippen LogP contribution in [-0.2, 0) is 28.4 Å². The van der Waals surface area contributed by atoms with Gasteiger partial charge in [-0.3, -0.25) is 9.48 Å². The average Bonchev–Trinajstić information content (AvgIpc) is 3.28. The second kappa shape index (κ2) is 7.79. The van der Waals surface area contributed by atoms with E-state index in [-0.39, 0.29) is 22.6 Å². The van der Waals surface area contributed by atoms with Crippen molar-refractivity contribution in [1.29, 1.82) is 0 Å². The molecule has 1 amide bonds. The molecule has 1 aromatic heterocycles. The van der Waals surface area contributed by atoms with Gasteiger partial charge in [0.25, 0.3) is 0 Å². The number of hydrogen-bond donors (Lipinski definition) is 2. The van der Waals surface area contributed by atoms with Crippen LogP contribution >= 0.6 is 0 Å². The van der Waals surface area contributed by atoms with Crippen molar-refractivity contribution in [2.24, 2.45) is 13.0 Å². The molecule has 0 spiro atoms. The Balaban J connectivity index is 1.62. The quantitative estimate of drug-likeness (QED) is 0.738. The molecule has 1 saturated heterocycles. The van der Waals surface area contributed by atoms with Gasteiger partial charge in [-0.1, -0.05) is 12.1 Å². The van der Waals surface area contributed by atoms with Gasteiger partial charge in [0.1, 0.15) is 0 Å². The number of sulfonamides is 1. The van der Waals surface area contributed by atoms with Crippen LogP contribution in [0.4, 0.5) is 0 Å². The maximum atomic E-state index is 12.6. The van der Waals surface area contributed by atoms with Gasteiger partial charge >= 0.3 is 0 Å². The van der Waals surface area contributed by atoms with Crippen molar-refractivity contribution in [3.63, 3.8) is 0 Å². The number of rotatable bonds is 6. The largest absolute Gasteiger partial charge is 0.352 e. The molecule has 1 aromatic carbocycles.